The molecule has 150 valence electrons. The predicted molar refractivity (Wildman–Crippen MR) is 124 cm³/mol. The van der Waals surface area contributed by atoms with E-state index in [4.69, 9.17) is 4.74 Å². The highest BCUT2D eigenvalue weighted by Crippen LogP contribution is 2.20. The highest BCUT2D eigenvalue weighted by atomic mass is 32.2. The molecule has 0 aliphatic carbocycles. The molecule has 4 heteroatoms. The summed E-state index contributed by atoms with van der Waals surface area (Å²) in [5, 5.41) is 3.66. The first-order valence-electron chi connectivity index (χ1n) is 9.70. The van der Waals surface area contributed by atoms with E-state index in [1.165, 1.54) is 22.3 Å². The first-order chi connectivity index (χ1) is 13.5. The van der Waals surface area contributed by atoms with E-state index in [2.05, 4.69) is 66.6 Å². The van der Waals surface area contributed by atoms with Crippen LogP contribution in [0.5, 0.6) is 5.75 Å². The van der Waals surface area contributed by atoms with Crippen molar-refractivity contribution < 1.29 is 4.74 Å². The summed E-state index contributed by atoms with van der Waals surface area (Å²) in [6.07, 6.45) is 5.96. The normalized spacial score (nSPS) is 12.8. The highest BCUT2D eigenvalue weighted by molar-refractivity contribution is 7.98. The maximum Gasteiger partial charge on any atom is 0.119 e. The van der Waals surface area contributed by atoms with Crippen molar-refractivity contribution in [1.29, 1.82) is 0 Å². The summed E-state index contributed by atoms with van der Waals surface area (Å²) in [5.41, 5.74) is 5.08. The fraction of sp³-hybridized carbons (Fsp3) is 0.375. The van der Waals surface area contributed by atoms with Crippen LogP contribution in [0.1, 0.15) is 30.5 Å². The Morgan fingerprint density at radius 2 is 1.75 bits per heavy atom. The Balaban J connectivity index is 2.17. The van der Waals surface area contributed by atoms with Crippen LogP contribution in [0.4, 0.5) is 0 Å². The monoisotopic (exact) mass is 396 g/mol. The Bertz CT molecular complexity index is 751. The predicted octanol–water partition coefficient (Wildman–Crippen LogP) is 5.43. The lowest BCUT2D eigenvalue weighted by molar-refractivity contribution is 0.242. The van der Waals surface area contributed by atoms with Crippen LogP contribution in [0.2, 0.25) is 0 Å². The molecule has 1 N–H and O–H groups in total. The van der Waals surface area contributed by atoms with Gasteiger partial charge in [-0.05, 0) is 75.4 Å². The van der Waals surface area contributed by atoms with Crippen molar-refractivity contribution in [3.63, 3.8) is 0 Å². The number of hydrogen-bond acceptors (Lipinski definition) is 4. The van der Waals surface area contributed by atoms with Crippen LogP contribution >= 0.6 is 11.8 Å². The molecule has 0 aliphatic rings. The molecule has 0 radical (unpaired) electrons. The van der Waals surface area contributed by atoms with Crippen LogP contribution in [-0.2, 0) is 12.8 Å². The molecule has 3 nitrogen and oxygen atoms in total. The molecule has 28 heavy (non-hydrogen) atoms. The van der Waals surface area contributed by atoms with E-state index in [0.29, 0.717) is 0 Å². The molecule has 0 spiro atoms. The fourth-order valence-corrected chi connectivity index (χ4v) is 3.42. The highest BCUT2D eigenvalue weighted by Gasteiger charge is 2.15. The third kappa shape index (κ3) is 7.53. The minimum Gasteiger partial charge on any atom is -0.491 e. The van der Waals surface area contributed by atoms with Gasteiger partial charge in [0.15, 0.2) is 0 Å². The summed E-state index contributed by atoms with van der Waals surface area (Å²) < 4.78 is 5.75. The van der Waals surface area contributed by atoms with E-state index in [1.54, 1.807) is 11.8 Å². The molecule has 0 fully saturated rings. The largest absolute Gasteiger partial charge is 0.491 e. The minimum absolute atomic E-state index is 0.181. The molecule has 0 aliphatic heterocycles. The Hall–Kier alpha value is -2.04. The van der Waals surface area contributed by atoms with Crippen molar-refractivity contribution in [2.45, 2.75) is 45.8 Å². The summed E-state index contributed by atoms with van der Waals surface area (Å²) in [7, 11) is 0. The average Bonchev–Trinajstić information content (AvgIpc) is 2.67. The number of nitrogens with zero attached hydrogens (tertiary/aromatic N) is 1. The molecule has 0 aromatic heterocycles. The fourth-order valence-electron chi connectivity index (χ4n) is 3.05. The number of thioether (sulfide) groups is 1. The Labute approximate surface area is 174 Å². The van der Waals surface area contributed by atoms with Gasteiger partial charge in [-0.25, -0.2) is 0 Å². The second-order valence-corrected chi connectivity index (χ2v) is 8.12. The third-order valence-electron chi connectivity index (χ3n) is 4.44. The van der Waals surface area contributed by atoms with Gasteiger partial charge in [0.1, 0.15) is 5.75 Å². The van der Waals surface area contributed by atoms with Crippen LogP contribution in [-0.4, -0.2) is 31.0 Å². The summed E-state index contributed by atoms with van der Waals surface area (Å²) >= 11 is 1.79. The van der Waals surface area contributed by atoms with Gasteiger partial charge >= 0.3 is 0 Å². The van der Waals surface area contributed by atoms with Crippen LogP contribution in [0.25, 0.3) is 0 Å². The van der Waals surface area contributed by atoms with Gasteiger partial charge < -0.3 is 10.1 Å². The van der Waals surface area contributed by atoms with E-state index in [-0.39, 0.29) is 12.1 Å². The van der Waals surface area contributed by atoms with Crippen LogP contribution in [0.15, 0.2) is 65.3 Å². The van der Waals surface area contributed by atoms with Gasteiger partial charge in [-0.3, -0.25) is 4.99 Å². The minimum atomic E-state index is 0.181. The standard InChI is InChI=1S/C24H32N2OS/c1-18(2)27-23-12-10-20(11-13-23)14-22(16-25-4)24(26-17-28-5)15-21-8-6-19(3)7-9-21/h6-13,16,18,24,26H,4,14-15,17H2,1-3,5H3/b22-16-. The second kappa shape index (κ2) is 11.7. The lowest BCUT2D eigenvalue weighted by Crippen LogP contribution is -2.33. The molecule has 0 saturated carbocycles. The number of benzene rings is 2. The molecule has 2 rings (SSSR count). The van der Waals surface area contributed by atoms with E-state index >= 15 is 0 Å². The maximum absolute atomic E-state index is 5.75. The van der Waals surface area contributed by atoms with Gasteiger partial charge in [-0.1, -0.05) is 42.0 Å². The maximum atomic E-state index is 5.75. The van der Waals surface area contributed by atoms with Crippen LogP contribution < -0.4 is 10.1 Å². The van der Waals surface area contributed by atoms with Crippen LogP contribution in [0.3, 0.4) is 0 Å². The van der Waals surface area contributed by atoms with Crippen molar-refractivity contribution in [3.8, 4) is 5.75 Å². The molecule has 0 heterocycles. The zero-order valence-electron chi connectivity index (χ0n) is 17.4. The molecular formula is C24H32N2OS. The molecule has 0 bridgehead atoms. The van der Waals surface area contributed by atoms with Gasteiger partial charge in [0.05, 0.1) is 6.10 Å². The van der Waals surface area contributed by atoms with Crippen molar-refractivity contribution in [3.05, 3.63) is 77.0 Å². The Morgan fingerprint density at radius 1 is 1.11 bits per heavy atom. The quantitative estimate of drug-likeness (QED) is 0.406. The van der Waals surface area contributed by atoms with Crippen molar-refractivity contribution in [1.82, 2.24) is 5.32 Å². The van der Waals surface area contributed by atoms with Crippen molar-refractivity contribution in [2.75, 3.05) is 12.1 Å². The van der Waals surface area contributed by atoms with E-state index < -0.39 is 0 Å². The SMILES string of the molecule is C=N/C=C(/Cc1ccc(OC(C)C)cc1)C(Cc1ccc(C)cc1)NCSC. The number of rotatable bonds is 11. The van der Waals surface area contributed by atoms with Crippen molar-refractivity contribution in [2.24, 2.45) is 4.99 Å². The van der Waals surface area contributed by atoms with Gasteiger partial charge in [0, 0.05) is 18.1 Å². The molecule has 0 saturated heterocycles. The molecule has 1 unspecified atom stereocenters. The zero-order chi connectivity index (χ0) is 20.4. The lowest BCUT2D eigenvalue weighted by atomic mass is 9.94. The molecule has 2 aromatic carbocycles. The summed E-state index contributed by atoms with van der Waals surface area (Å²) in [6.45, 7) is 9.89. The number of ether oxygens (including phenoxy) is 1. The lowest BCUT2D eigenvalue weighted by Gasteiger charge is -2.22. The van der Waals surface area contributed by atoms with Gasteiger partial charge in [-0.2, -0.15) is 0 Å². The summed E-state index contributed by atoms with van der Waals surface area (Å²) in [5.74, 6) is 1.80. The molecule has 1 atom stereocenters. The number of nitrogens with one attached hydrogen (secondary N) is 1. The van der Waals surface area contributed by atoms with Crippen LogP contribution in [0, 0.1) is 6.92 Å². The first-order valence-corrected chi connectivity index (χ1v) is 11.1. The average molecular weight is 397 g/mol. The van der Waals surface area contributed by atoms with Gasteiger partial charge in [0.2, 0.25) is 0 Å². The summed E-state index contributed by atoms with van der Waals surface area (Å²) in [4.78, 5) is 4.09. The summed E-state index contributed by atoms with van der Waals surface area (Å²) in [6, 6.07) is 17.3. The number of hydrogen-bond donors (Lipinski definition) is 1. The molecular weight excluding hydrogens is 364 g/mol. The Kier molecular flexibility index (Phi) is 9.32. The van der Waals surface area contributed by atoms with Crippen molar-refractivity contribution >= 4 is 18.5 Å². The topological polar surface area (TPSA) is 33.6 Å². The molecule has 0 amide bonds. The van der Waals surface area contributed by atoms with E-state index in [9.17, 15) is 0 Å². The molecule has 2 aromatic rings. The number of aliphatic imine (C=N–C) groups is 1. The van der Waals surface area contributed by atoms with Gasteiger partial charge in [-0.15, -0.1) is 11.8 Å². The van der Waals surface area contributed by atoms with Gasteiger partial charge in [0.25, 0.3) is 0 Å². The number of aryl methyl sites for hydroxylation is 1. The van der Waals surface area contributed by atoms with E-state index in [0.717, 1.165) is 24.5 Å². The van der Waals surface area contributed by atoms with E-state index in [1.807, 2.05) is 32.2 Å². The smallest absolute Gasteiger partial charge is 0.119 e. The Morgan fingerprint density at radius 3 is 2.32 bits per heavy atom. The zero-order valence-corrected chi connectivity index (χ0v) is 18.3. The second-order valence-electron chi connectivity index (χ2n) is 7.25. The third-order valence-corrected chi connectivity index (χ3v) is 4.90. The first kappa shape index (κ1) is 22.3.